The summed E-state index contributed by atoms with van der Waals surface area (Å²) in [6, 6.07) is 9.80. The number of nitriles is 1. The Bertz CT molecular complexity index is 528. The van der Waals surface area contributed by atoms with E-state index in [0.29, 0.717) is 5.13 Å². The fourth-order valence-electron chi connectivity index (χ4n) is 1.24. The van der Waals surface area contributed by atoms with Crippen molar-refractivity contribution in [2.75, 3.05) is 5.73 Å². The summed E-state index contributed by atoms with van der Waals surface area (Å²) in [5, 5.41) is 9.51. The highest BCUT2D eigenvalue weighted by Gasteiger charge is 2.03. The lowest BCUT2D eigenvalue weighted by atomic mass is 10.1. The van der Waals surface area contributed by atoms with E-state index in [2.05, 4.69) is 11.1 Å². The monoisotopic (exact) mass is 247 g/mol. The molecule has 16 heavy (non-hydrogen) atoms. The molecule has 5 heteroatoms. The molecule has 0 saturated carbocycles. The molecule has 0 unspecified atom stereocenters. The van der Waals surface area contributed by atoms with Crippen molar-refractivity contribution in [2.24, 2.45) is 0 Å². The van der Waals surface area contributed by atoms with Crippen LogP contribution in [0.2, 0.25) is 0 Å². The molecule has 1 aromatic heterocycles. The Morgan fingerprint density at radius 2 is 2.25 bits per heavy atom. The fourth-order valence-corrected chi connectivity index (χ4v) is 3.01. The smallest absolute Gasteiger partial charge is 0.181 e. The molecule has 0 fully saturated rings. The van der Waals surface area contributed by atoms with E-state index >= 15 is 0 Å². The lowest BCUT2D eigenvalue weighted by Crippen LogP contribution is -1.85. The van der Waals surface area contributed by atoms with Crippen molar-refractivity contribution in [3.63, 3.8) is 0 Å². The summed E-state index contributed by atoms with van der Waals surface area (Å²) >= 11 is 3.12. The van der Waals surface area contributed by atoms with Gasteiger partial charge in [0.05, 0.1) is 22.0 Å². The second kappa shape index (κ2) is 5.01. The molecule has 3 nitrogen and oxygen atoms in total. The van der Waals surface area contributed by atoms with E-state index in [1.807, 2.05) is 24.3 Å². The van der Waals surface area contributed by atoms with E-state index in [1.165, 1.54) is 11.3 Å². The summed E-state index contributed by atoms with van der Waals surface area (Å²) in [4.78, 5) is 3.98. The fraction of sp³-hybridized carbons (Fsp3) is 0.0909. The zero-order valence-corrected chi connectivity index (χ0v) is 10.0. The van der Waals surface area contributed by atoms with Crippen molar-refractivity contribution in [1.82, 2.24) is 4.98 Å². The van der Waals surface area contributed by atoms with Gasteiger partial charge in [-0.25, -0.2) is 4.98 Å². The Balaban J connectivity index is 2.08. The molecule has 0 aliphatic heterocycles. The maximum absolute atomic E-state index is 8.93. The number of aromatic nitrogens is 1. The van der Waals surface area contributed by atoms with E-state index in [9.17, 15) is 0 Å². The van der Waals surface area contributed by atoms with E-state index < -0.39 is 0 Å². The van der Waals surface area contributed by atoms with Crippen molar-refractivity contribution >= 4 is 28.2 Å². The van der Waals surface area contributed by atoms with Gasteiger partial charge in [-0.3, -0.25) is 0 Å². The summed E-state index contributed by atoms with van der Waals surface area (Å²) in [7, 11) is 0. The summed E-state index contributed by atoms with van der Waals surface area (Å²) < 4.78 is 1.07. The van der Waals surface area contributed by atoms with Gasteiger partial charge in [-0.15, -0.1) is 11.8 Å². The van der Waals surface area contributed by atoms with Gasteiger partial charge in [0, 0.05) is 5.75 Å². The normalized spacial score (nSPS) is 9.94. The molecule has 0 bridgehead atoms. The van der Waals surface area contributed by atoms with Gasteiger partial charge in [0.15, 0.2) is 5.13 Å². The van der Waals surface area contributed by atoms with Crippen LogP contribution in [0.4, 0.5) is 5.13 Å². The third-order valence-corrected chi connectivity index (χ3v) is 4.08. The second-order valence-corrected chi connectivity index (χ2v) is 5.41. The molecule has 0 aliphatic rings. The van der Waals surface area contributed by atoms with E-state index in [0.717, 1.165) is 21.1 Å². The minimum Gasteiger partial charge on any atom is -0.375 e. The predicted molar refractivity (Wildman–Crippen MR) is 67.2 cm³/mol. The second-order valence-electron chi connectivity index (χ2n) is 3.08. The summed E-state index contributed by atoms with van der Waals surface area (Å²) in [6.45, 7) is 0. The van der Waals surface area contributed by atoms with Crippen molar-refractivity contribution in [1.29, 1.82) is 5.26 Å². The molecule has 2 aromatic rings. The average Bonchev–Trinajstić information content (AvgIpc) is 2.73. The average molecular weight is 247 g/mol. The highest BCUT2D eigenvalue weighted by atomic mass is 32.2. The van der Waals surface area contributed by atoms with E-state index in [-0.39, 0.29) is 0 Å². The number of nitrogen functional groups attached to an aromatic ring is 1. The van der Waals surface area contributed by atoms with Gasteiger partial charge in [-0.05, 0) is 11.6 Å². The molecule has 0 radical (unpaired) electrons. The maximum atomic E-state index is 8.93. The Hall–Kier alpha value is -1.51. The van der Waals surface area contributed by atoms with Gasteiger partial charge >= 0.3 is 0 Å². The number of nitrogens with two attached hydrogens (primary N) is 1. The molecule has 1 aromatic carbocycles. The van der Waals surface area contributed by atoms with Crippen molar-refractivity contribution in [3.8, 4) is 6.07 Å². The zero-order chi connectivity index (χ0) is 11.4. The van der Waals surface area contributed by atoms with Crippen molar-refractivity contribution < 1.29 is 0 Å². The Labute approximate surface area is 102 Å². The van der Waals surface area contributed by atoms with Crippen LogP contribution in [0.15, 0.2) is 34.7 Å². The van der Waals surface area contributed by atoms with E-state index in [4.69, 9.17) is 11.0 Å². The molecule has 2 N–H and O–H groups in total. The minimum absolute atomic E-state index is 0.580. The molecular formula is C11H9N3S2. The van der Waals surface area contributed by atoms with Crippen molar-refractivity contribution in [2.45, 2.75) is 9.96 Å². The van der Waals surface area contributed by atoms with Gasteiger partial charge in [0.25, 0.3) is 0 Å². The minimum atomic E-state index is 0.580. The number of nitrogens with zero attached hydrogens (tertiary/aromatic N) is 2. The van der Waals surface area contributed by atoms with Crippen LogP contribution in [0.5, 0.6) is 0 Å². The van der Waals surface area contributed by atoms with Gasteiger partial charge in [0.1, 0.15) is 0 Å². The van der Waals surface area contributed by atoms with E-state index in [1.54, 1.807) is 18.0 Å². The first-order valence-electron chi connectivity index (χ1n) is 4.61. The summed E-state index contributed by atoms with van der Waals surface area (Å²) in [5.74, 6) is 0.769. The molecule has 0 spiro atoms. The predicted octanol–water partition coefficient (Wildman–Crippen LogP) is 2.89. The number of thioether (sulfide) groups is 1. The van der Waals surface area contributed by atoms with Crippen LogP contribution < -0.4 is 5.73 Å². The van der Waals surface area contributed by atoms with Crippen LogP contribution in [0.1, 0.15) is 11.1 Å². The molecule has 0 amide bonds. The van der Waals surface area contributed by atoms with Gasteiger partial charge in [-0.1, -0.05) is 29.5 Å². The SMILES string of the molecule is N#Cc1ccccc1CSc1cnc(N)s1. The van der Waals surface area contributed by atoms with Crippen molar-refractivity contribution in [3.05, 3.63) is 41.6 Å². The van der Waals surface area contributed by atoms with Gasteiger partial charge in [-0.2, -0.15) is 5.26 Å². The van der Waals surface area contributed by atoms with Crippen LogP contribution in [0.25, 0.3) is 0 Å². The molecule has 0 aliphatic carbocycles. The number of hydrogen-bond donors (Lipinski definition) is 1. The van der Waals surface area contributed by atoms with Crippen LogP contribution in [0, 0.1) is 11.3 Å². The molecule has 0 saturated heterocycles. The third-order valence-electron chi connectivity index (χ3n) is 2.01. The molecule has 2 rings (SSSR count). The highest BCUT2D eigenvalue weighted by molar-refractivity contribution is 8.00. The number of thiazole rings is 1. The Morgan fingerprint density at radius 1 is 1.44 bits per heavy atom. The lowest BCUT2D eigenvalue weighted by Gasteiger charge is -2.01. The number of anilines is 1. The largest absolute Gasteiger partial charge is 0.375 e. The summed E-state index contributed by atoms with van der Waals surface area (Å²) in [5.41, 5.74) is 7.32. The first-order valence-corrected chi connectivity index (χ1v) is 6.42. The number of hydrogen-bond acceptors (Lipinski definition) is 5. The highest BCUT2D eigenvalue weighted by Crippen LogP contribution is 2.29. The molecule has 80 valence electrons. The third kappa shape index (κ3) is 2.54. The first kappa shape index (κ1) is 11.0. The standard InChI is InChI=1S/C11H9N3S2/c12-5-8-3-1-2-4-9(8)7-15-10-6-14-11(13)16-10/h1-4,6H,7H2,(H2,13,14). The number of benzene rings is 1. The molecule has 1 heterocycles. The van der Waals surface area contributed by atoms with Crippen LogP contribution in [-0.4, -0.2) is 4.98 Å². The molecule has 0 atom stereocenters. The molecular weight excluding hydrogens is 238 g/mol. The Morgan fingerprint density at radius 3 is 2.94 bits per heavy atom. The quantitative estimate of drug-likeness (QED) is 0.847. The first-order chi connectivity index (χ1) is 7.79. The van der Waals surface area contributed by atoms with Crippen LogP contribution in [0.3, 0.4) is 0 Å². The topological polar surface area (TPSA) is 62.7 Å². The van der Waals surface area contributed by atoms with Crippen LogP contribution >= 0.6 is 23.1 Å². The Kier molecular flexibility index (Phi) is 3.44. The zero-order valence-electron chi connectivity index (χ0n) is 8.38. The van der Waals surface area contributed by atoms with Gasteiger partial charge < -0.3 is 5.73 Å². The van der Waals surface area contributed by atoms with Gasteiger partial charge in [0.2, 0.25) is 0 Å². The summed E-state index contributed by atoms with van der Waals surface area (Å²) in [6.07, 6.45) is 1.76. The number of rotatable bonds is 3. The van der Waals surface area contributed by atoms with Crippen LogP contribution in [-0.2, 0) is 5.75 Å². The lowest BCUT2D eigenvalue weighted by molar-refractivity contribution is 1.34. The maximum Gasteiger partial charge on any atom is 0.181 e.